The van der Waals surface area contributed by atoms with Crippen molar-refractivity contribution in [2.45, 2.75) is 37.0 Å². The Hall–Kier alpha value is -0.550. The van der Waals surface area contributed by atoms with Gasteiger partial charge in [0.2, 0.25) is 11.8 Å². The Morgan fingerprint density at radius 2 is 1.81 bits per heavy atom. The van der Waals surface area contributed by atoms with E-state index in [2.05, 4.69) is 16.5 Å². The summed E-state index contributed by atoms with van der Waals surface area (Å²) in [6.07, 6.45) is 6.93. The van der Waals surface area contributed by atoms with Crippen molar-refractivity contribution < 1.29 is 9.59 Å². The zero-order chi connectivity index (χ0) is 11.5. The molecule has 1 aliphatic carbocycles. The van der Waals surface area contributed by atoms with Gasteiger partial charge in [0.1, 0.15) is 0 Å². The van der Waals surface area contributed by atoms with E-state index in [-0.39, 0.29) is 11.8 Å². The molecule has 90 valence electrons. The molecule has 1 heterocycles. The summed E-state index contributed by atoms with van der Waals surface area (Å²) in [5.74, 6) is -0.302. The first-order valence-corrected chi connectivity index (χ1v) is 7.09. The van der Waals surface area contributed by atoms with Crippen molar-refractivity contribution in [3.05, 3.63) is 0 Å². The maximum Gasteiger partial charge on any atom is 0.240 e. The largest absolute Gasteiger partial charge is 0.294 e. The van der Waals surface area contributed by atoms with Crippen LogP contribution in [0.3, 0.4) is 0 Å². The molecule has 0 aromatic heterocycles. The van der Waals surface area contributed by atoms with Crippen molar-refractivity contribution in [1.82, 2.24) is 10.2 Å². The van der Waals surface area contributed by atoms with Gasteiger partial charge in [0, 0.05) is 11.3 Å². The number of hydrogen-bond acceptors (Lipinski definition) is 4. The van der Waals surface area contributed by atoms with Gasteiger partial charge in [0.15, 0.2) is 0 Å². The molecule has 0 spiro atoms. The summed E-state index contributed by atoms with van der Waals surface area (Å²) in [5, 5.41) is 2.93. The number of imide groups is 1. The van der Waals surface area contributed by atoms with Crippen LogP contribution in [0.1, 0.15) is 25.7 Å². The number of piperazine rings is 1. The van der Waals surface area contributed by atoms with E-state index in [1.165, 1.54) is 19.3 Å². The standard InChI is InChI=1S/C11H18N2O2S/c1-16-9-5-3-2-4-8(9)13-6-10(14)12-11(15)7-13/h8-9H,2-7H2,1H3,(H,12,14,15). The topological polar surface area (TPSA) is 49.4 Å². The van der Waals surface area contributed by atoms with Crippen LogP contribution < -0.4 is 5.32 Å². The molecule has 2 amide bonds. The number of rotatable bonds is 2. The normalized spacial score (nSPS) is 32.6. The number of nitrogens with one attached hydrogen (secondary N) is 1. The Morgan fingerprint density at radius 3 is 2.44 bits per heavy atom. The summed E-state index contributed by atoms with van der Waals surface area (Å²) in [4.78, 5) is 24.7. The Labute approximate surface area is 100 Å². The van der Waals surface area contributed by atoms with Crippen LogP contribution in [0.25, 0.3) is 0 Å². The van der Waals surface area contributed by atoms with Crippen molar-refractivity contribution in [2.75, 3.05) is 19.3 Å². The van der Waals surface area contributed by atoms with Gasteiger partial charge in [-0.15, -0.1) is 0 Å². The number of nitrogens with zero attached hydrogens (tertiary/aromatic N) is 1. The third-order valence-electron chi connectivity index (χ3n) is 3.41. The zero-order valence-corrected chi connectivity index (χ0v) is 10.4. The van der Waals surface area contributed by atoms with Gasteiger partial charge in [-0.1, -0.05) is 12.8 Å². The minimum Gasteiger partial charge on any atom is -0.294 e. The van der Waals surface area contributed by atoms with Gasteiger partial charge < -0.3 is 0 Å². The minimum atomic E-state index is -0.151. The molecule has 0 aromatic carbocycles. The Morgan fingerprint density at radius 1 is 1.19 bits per heavy atom. The molecule has 4 nitrogen and oxygen atoms in total. The van der Waals surface area contributed by atoms with E-state index in [0.29, 0.717) is 24.4 Å². The predicted molar refractivity (Wildman–Crippen MR) is 64.3 cm³/mol. The highest BCUT2D eigenvalue weighted by Crippen LogP contribution is 2.30. The van der Waals surface area contributed by atoms with Gasteiger partial charge in [-0.25, -0.2) is 0 Å². The Bertz CT molecular complexity index is 280. The summed E-state index contributed by atoms with van der Waals surface area (Å²) in [7, 11) is 0. The van der Waals surface area contributed by atoms with Crippen LogP contribution in [0.2, 0.25) is 0 Å². The highest BCUT2D eigenvalue weighted by atomic mass is 32.2. The molecule has 2 aliphatic rings. The number of thioether (sulfide) groups is 1. The van der Waals surface area contributed by atoms with Crippen molar-refractivity contribution in [1.29, 1.82) is 0 Å². The third kappa shape index (κ3) is 2.58. The average molecular weight is 242 g/mol. The number of carbonyl (C=O) groups is 2. The van der Waals surface area contributed by atoms with Gasteiger partial charge in [-0.3, -0.25) is 19.8 Å². The van der Waals surface area contributed by atoms with Crippen LogP contribution in [0.5, 0.6) is 0 Å². The van der Waals surface area contributed by atoms with E-state index in [4.69, 9.17) is 0 Å². The molecule has 2 atom stereocenters. The molecule has 1 aliphatic heterocycles. The summed E-state index contributed by atoms with van der Waals surface area (Å²) in [5.41, 5.74) is 0. The lowest BCUT2D eigenvalue weighted by Crippen LogP contribution is -2.57. The summed E-state index contributed by atoms with van der Waals surface area (Å²) >= 11 is 1.87. The molecule has 0 bridgehead atoms. The molecule has 2 unspecified atom stereocenters. The molecule has 1 saturated carbocycles. The Balaban J connectivity index is 2.03. The van der Waals surface area contributed by atoms with Gasteiger partial charge in [-0.05, 0) is 19.1 Å². The van der Waals surface area contributed by atoms with E-state index in [1.807, 2.05) is 11.8 Å². The van der Waals surface area contributed by atoms with E-state index in [1.54, 1.807) is 0 Å². The van der Waals surface area contributed by atoms with Crippen LogP contribution in [-0.4, -0.2) is 47.4 Å². The van der Waals surface area contributed by atoms with E-state index in [9.17, 15) is 9.59 Å². The second-order valence-electron chi connectivity index (χ2n) is 4.50. The molecule has 5 heteroatoms. The van der Waals surface area contributed by atoms with Crippen molar-refractivity contribution >= 4 is 23.6 Å². The SMILES string of the molecule is CSC1CCCCC1N1CC(=O)NC(=O)C1. The molecule has 16 heavy (non-hydrogen) atoms. The molecule has 0 radical (unpaired) electrons. The zero-order valence-electron chi connectivity index (χ0n) is 9.57. The number of carbonyl (C=O) groups excluding carboxylic acids is 2. The minimum absolute atomic E-state index is 0.151. The first-order valence-electron chi connectivity index (χ1n) is 5.80. The lowest BCUT2D eigenvalue weighted by atomic mass is 9.93. The fraction of sp³-hybridized carbons (Fsp3) is 0.818. The van der Waals surface area contributed by atoms with Gasteiger partial charge in [0.05, 0.1) is 13.1 Å². The quantitative estimate of drug-likeness (QED) is 0.721. The van der Waals surface area contributed by atoms with Crippen molar-refractivity contribution in [2.24, 2.45) is 0 Å². The second-order valence-corrected chi connectivity index (χ2v) is 5.58. The maximum absolute atomic E-state index is 11.3. The van der Waals surface area contributed by atoms with E-state index >= 15 is 0 Å². The first kappa shape index (κ1) is 11.9. The molecule has 2 rings (SSSR count). The van der Waals surface area contributed by atoms with Crippen molar-refractivity contribution in [3.63, 3.8) is 0 Å². The maximum atomic E-state index is 11.3. The number of amides is 2. The highest BCUT2D eigenvalue weighted by molar-refractivity contribution is 7.99. The molecule has 0 aromatic rings. The molecule has 1 saturated heterocycles. The van der Waals surface area contributed by atoms with Gasteiger partial charge in [-0.2, -0.15) is 11.8 Å². The predicted octanol–water partition coefficient (Wildman–Crippen LogP) is 0.619. The van der Waals surface area contributed by atoms with Crippen molar-refractivity contribution in [3.8, 4) is 0 Å². The Kier molecular flexibility index (Phi) is 3.86. The van der Waals surface area contributed by atoms with E-state index < -0.39 is 0 Å². The van der Waals surface area contributed by atoms with Crippen LogP contribution in [0.4, 0.5) is 0 Å². The van der Waals surface area contributed by atoms with Crippen LogP contribution in [0, 0.1) is 0 Å². The highest BCUT2D eigenvalue weighted by Gasteiger charge is 2.34. The molecular formula is C11H18N2O2S. The number of hydrogen-bond donors (Lipinski definition) is 1. The fourth-order valence-corrected chi connectivity index (χ4v) is 3.69. The fourth-order valence-electron chi connectivity index (χ4n) is 2.66. The average Bonchev–Trinajstić information content (AvgIpc) is 2.27. The lowest BCUT2D eigenvalue weighted by Gasteiger charge is -2.40. The van der Waals surface area contributed by atoms with Crippen LogP contribution in [-0.2, 0) is 9.59 Å². The third-order valence-corrected chi connectivity index (χ3v) is 4.57. The van der Waals surface area contributed by atoms with E-state index in [0.717, 1.165) is 6.42 Å². The van der Waals surface area contributed by atoms with Gasteiger partial charge >= 0.3 is 0 Å². The molecular weight excluding hydrogens is 224 g/mol. The van der Waals surface area contributed by atoms with Gasteiger partial charge in [0.25, 0.3) is 0 Å². The summed E-state index contributed by atoms with van der Waals surface area (Å²) in [6, 6.07) is 0.402. The molecule has 1 N–H and O–H groups in total. The smallest absolute Gasteiger partial charge is 0.240 e. The van der Waals surface area contributed by atoms with Crippen LogP contribution in [0.15, 0.2) is 0 Å². The van der Waals surface area contributed by atoms with Crippen LogP contribution >= 0.6 is 11.8 Å². The summed E-state index contributed by atoms with van der Waals surface area (Å²) < 4.78 is 0. The molecule has 2 fully saturated rings. The second kappa shape index (κ2) is 5.19. The lowest BCUT2D eigenvalue weighted by molar-refractivity contribution is -0.137. The monoisotopic (exact) mass is 242 g/mol. The summed E-state index contributed by atoms with van der Waals surface area (Å²) in [6.45, 7) is 0.765. The first-order chi connectivity index (χ1) is 7.70.